The number of aromatic nitrogens is 1. The zero-order valence-electron chi connectivity index (χ0n) is 8.50. The minimum Gasteiger partial charge on any atom is -0.329 e. The molecule has 8 heteroatoms. The molecule has 0 N–H and O–H groups in total. The van der Waals surface area contributed by atoms with Crippen molar-refractivity contribution in [2.75, 3.05) is 28.2 Å². The summed E-state index contributed by atoms with van der Waals surface area (Å²) < 4.78 is 0. The van der Waals surface area contributed by atoms with E-state index in [1.807, 2.05) is 23.5 Å². The van der Waals surface area contributed by atoms with E-state index in [1.54, 1.807) is 0 Å². The van der Waals surface area contributed by atoms with E-state index in [-0.39, 0.29) is 9.92 Å². The molecule has 0 aromatic carbocycles. The predicted molar refractivity (Wildman–Crippen MR) is 70.5 cm³/mol. The fourth-order valence-electron chi connectivity index (χ4n) is 1.25. The molecular weight excluding hydrogens is 266 g/mol. The summed E-state index contributed by atoms with van der Waals surface area (Å²) in [4.78, 5) is 16.4. The smallest absolute Gasteiger partial charge is 0.329 e. The Balaban J connectivity index is 2.05. The van der Waals surface area contributed by atoms with Crippen molar-refractivity contribution in [1.29, 1.82) is 0 Å². The van der Waals surface area contributed by atoms with Gasteiger partial charge in [-0.25, -0.2) is 4.98 Å². The first-order valence-electron chi connectivity index (χ1n) is 4.78. The van der Waals surface area contributed by atoms with Crippen molar-refractivity contribution >= 4 is 45.0 Å². The number of nitro groups is 1. The first-order chi connectivity index (χ1) is 7.77. The summed E-state index contributed by atoms with van der Waals surface area (Å²) in [6.07, 6.45) is 2.58. The summed E-state index contributed by atoms with van der Waals surface area (Å²) in [5.41, 5.74) is 0. The van der Waals surface area contributed by atoms with Gasteiger partial charge in [-0.2, -0.15) is 0 Å². The Morgan fingerprint density at radius 2 is 2.06 bits per heavy atom. The van der Waals surface area contributed by atoms with Gasteiger partial charge in [-0.1, -0.05) is 0 Å². The van der Waals surface area contributed by atoms with E-state index in [0.29, 0.717) is 0 Å². The third-order valence-electron chi connectivity index (χ3n) is 2.00. The summed E-state index contributed by atoms with van der Waals surface area (Å²) in [7, 11) is 0. The Bertz CT molecular complexity index is 363. The third kappa shape index (κ3) is 3.02. The average Bonchev–Trinajstić information content (AvgIpc) is 2.66. The summed E-state index contributed by atoms with van der Waals surface area (Å²) in [5, 5.41) is 11.4. The molecule has 1 fully saturated rings. The molecule has 88 valence electrons. The first kappa shape index (κ1) is 12.0. The highest BCUT2D eigenvalue weighted by Gasteiger charge is 2.17. The van der Waals surface area contributed by atoms with Gasteiger partial charge >= 0.3 is 5.00 Å². The summed E-state index contributed by atoms with van der Waals surface area (Å²) in [6, 6.07) is 0. The Hall–Kier alpha value is -0.470. The normalized spacial score (nSPS) is 17.9. The maximum absolute atomic E-state index is 10.6. The number of thioether (sulfide) groups is 2. The van der Waals surface area contributed by atoms with Crippen LogP contribution in [0.1, 0.15) is 6.42 Å². The number of anilines is 1. The van der Waals surface area contributed by atoms with Crippen molar-refractivity contribution in [1.82, 2.24) is 4.98 Å². The maximum atomic E-state index is 10.6. The Kier molecular flexibility index (Phi) is 4.30. The highest BCUT2D eigenvalue weighted by molar-refractivity contribution is 8.00. The van der Waals surface area contributed by atoms with Crippen molar-refractivity contribution in [3.8, 4) is 0 Å². The number of rotatable bonds is 2. The largest absolute Gasteiger partial charge is 0.345 e. The molecule has 16 heavy (non-hydrogen) atoms. The van der Waals surface area contributed by atoms with E-state index in [0.717, 1.165) is 39.7 Å². The maximum Gasteiger partial charge on any atom is 0.345 e. The van der Waals surface area contributed by atoms with Crippen LogP contribution in [-0.4, -0.2) is 33.2 Å². The number of thiazole rings is 1. The Morgan fingerprint density at radius 1 is 1.38 bits per heavy atom. The molecule has 0 amide bonds. The van der Waals surface area contributed by atoms with Gasteiger partial charge < -0.3 is 4.90 Å². The molecule has 0 spiro atoms. The van der Waals surface area contributed by atoms with Gasteiger partial charge in [0.1, 0.15) is 6.20 Å². The van der Waals surface area contributed by atoms with Crippen LogP contribution in [-0.2, 0) is 0 Å². The van der Waals surface area contributed by atoms with Gasteiger partial charge in [-0.05, 0) is 29.3 Å². The van der Waals surface area contributed by atoms with Crippen molar-refractivity contribution in [3.63, 3.8) is 0 Å². The molecule has 1 aliphatic heterocycles. The van der Waals surface area contributed by atoms with Crippen molar-refractivity contribution in [2.45, 2.75) is 6.42 Å². The highest BCUT2D eigenvalue weighted by atomic mass is 32.2. The fraction of sp³-hybridized carbons (Fsp3) is 0.625. The highest BCUT2D eigenvalue weighted by Crippen LogP contribution is 2.31. The molecule has 0 aliphatic carbocycles. The van der Waals surface area contributed by atoms with Crippen LogP contribution in [0.4, 0.5) is 10.1 Å². The summed E-state index contributed by atoms with van der Waals surface area (Å²) in [6.45, 7) is 0. The predicted octanol–water partition coefficient (Wildman–Crippen LogP) is 2.64. The second kappa shape index (κ2) is 5.74. The number of hydrogen-bond acceptors (Lipinski definition) is 7. The van der Waals surface area contributed by atoms with Gasteiger partial charge in [0, 0.05) is 0 Å². The van der Waals surface area contributed by atoms with Gasteiger partial charge in [-0.15, -0.1) is 23.5 Å². The van der Waals surface area contributed by atoms with E-state index in [4.69, 9.17) is 0 Å². The lowest BCUT2D eigenvalue weighted by atomic mass is 10.6. The van der Waals surface area contributed by atoms with Gasteiger partial charge in [0.05, 0.1) is 16.7 Å². The molecule has 1 aromatic heterocycles. The zero-order valence-corrected chi connectivity index (χ0v) is 10.9. The minimum absolute atomic E-state index is 0.118. The Labute approximate surface area is 106 Å². The molecule has 1 saturated heterocycles. The van der Waals surface area contributed by atoms with Crippen molar-refractivity contribution < 1.29 is 4.92 Å². The van der Waals surface area contributed by atoms with E-state index in [2.05, 4.69) is 9.88 Å². The van der Waals surface area contributed by atoms with Gasteiger partial charge in [0.15, 0.2) is 5.13 Å². The SMILES string of the molecule is O=[N+]([O-])c1cnc(N2CSCCCSC2)s1. The molecule has 0 unspecified atom stereocenters. The van der Waals surface area contributed by atoms with E-state index < -0.39 is 0 Å². The number of hydrogen-bond donors (Lipinski definition) is 0. The van der Waals surface area contributed by atoms with Crippen LogP contribution in [0, 0.1) is 10.1 Å². The summed E-state index contributed by atoms with van der Waals surface area (Å²) in [5.74, 6) is 4.04. The van der Waals surface area contributed by atoms with Crippen molar-refractivity contribution in [2.24, 2.45) is 0 Å². The lowest BCUT2D eigenvalue weighted by molar-refractivity contribution is -0.380. The second-order valence-electron chi connectivity index (χ2n) is 3.21. The minimum atomic E-state index is -0.383. The van der Waals surface area contributed by atoms with Crippen LogP contribution >= 0.6 is 34.9 Å². The monoisotopic (exact) mass is 277 g/mol. The number of nitrogens with zero attached hydrogens (tertiary/aromatic N) is 3. The molecule has 2 heterocycles. The summed E-state index contributed by atoms with van der Waals surface area (Å²) >= 11 is 4.87. The first-order valence-corrected chi connectivity index (χ1v) is 7.90. The van der Waals surface area contributed by atoms with Crippen LogP contribution < -0.4 is 4.90 Å². The zero-order chi connectivity index (χ0) is 11.4. The molecule has 1 aliphatic rings. The standard InChI is InChI=1S/C8H11N3O2S3/c12-11(13)7-4-9-8(16-7)10-5-14-2-1-3-15-6-10/h4H,1-3,5-6H2. The molecule has 2 rings (SSSR count). The second-order valence-corrected chi connectivity index (χ2v) is 6.34. The van der Waals surface area contributed by atoms with Crippen molar-refractivity contribution in [3.05, 3.63) is 16.3 Å². The van der Waals surface area contributed by atoms with Crippen LogP contribution in [0.3, 0.4) is 0 Å². The molecular formula is C8H11N3O2S3. The van der Waals surface area contributed by atoms with Crippen LogP contribution in [0.15, 0.2) is 6.20 Å². The van der Waals surface area contributed by atoms with Gasteiger partial charge in [0.25, 0.3) is 0 Å². The van der Waals surface area contributed by atoms with Gasteiger partial charge in [-0.3, -0.25) is 10.1 Å². The van der Waals surface area contributed by atoms with Crippen LogP contribution in [0.5, 0.6) is 0 Å². The molecule has 0 saturated carbocycles. The van der Waals surface area contributed by atoms with Crippen LogP contribution in [0.2, 0.25) is 0 Å². The molecule has 0 radical (unpaired) electrons. The lowest BCUT2D eigenvalue weighted by Gasteiger charge is -2.22. The van der Waals surface area contributed by atoms with Crippen LogP contribution in [0.25, 0.3) is 0 Å². The quantitative estimate of drug-likeness (QED) is 0.612. The lowest BCUT2D eigenvalue weighted by Crippen LogP contribution is -2.23. The average molecular weight is 277 g/mol. The fourth-order valence-corrected chi connectivity index (χ4v) is 4.26. The molecule has 5 nitrogen and oxygen atoms in total. The van der Waals surface area contributed by atoms with E-state index in [1.165, 1.54) is 12.6 Å². The molecule has 1 aromatic rings. The Morgan fingerprint density at radius 3 is 2.62 bits per heavy atom. The van der Waals surface area contributed by atoms with Gasteiger partial charge in [0.2, 0.25) is 0 Å². The third-order valence-corrected chi connectivity index (χ3v) is 5.16. The molecule has 0 atom stereocenters. The topological polar surface area (TPSA) is 59.3 Å². The molecule has 0 bridgehead atoms. The van der Waals surface area contributed by atoms with E-state index in [9.17, 15) is 10.1 Å². The van der Waals surface area contributed by atoms with E-state index >= 15 is 0 Å².